The van der Waals surface area contributed by atoms with Gasteiger partial charge in [-0.3, -0.25) is 57.5 Å². The number of esters is 2. The summed E-state index contributed by atoms with van der Waals surface area (Å²) < 4.78 is 340. The average molecular weight is 1250 g/mol. The summed E-state index contributed by atoms with van der Waals surface area (Å²) in [6.45, 7) is 4.72. The van der Waals surface area contributed by atoms with Crippen LogP contribution in [0.2, 0.25) is 0 Å². The van der Waals surface area contributed by atoms with Crippen molar-refractivity contribution in [3.8, 4) is 5.75 Å². The Labute approximate surface area is 419 Å². The van der Waals surface area contributed by atoms with Gasteiger partial charge in [0.2, 0.25) is 0 Å². The molecule has 0 saturated carbocycles. The minimum absolute atomic E-state index is 0. The van der Waals surface area contributed by atoms with Crippen molar-refractivity contribution in [2.75, 3.05) is 86.1 Å². The fourth-order valence-electron chi connectivity index (χ4n) is 1.63. The van der Waals surface area contributed by atoms with Crippen molar-refractivity contribution in [3.05, 3.63) is 77.9 Å². The molecule has 2 rings (SSSR count). The van der Waals surface area contributed by atoms with Crippen molar-refractivity contribution < 1.29 is 184 Å². The average Bonchev–Trinajstić information content (AvgIpc) is 3.38. The van der Waals surface area contributed by atoms with Crippen molar-refractivity contribution in [3.63, 3.8) is 0 Å². The van der Waals surface area contributed by atoms with Gasteiger partial charge in [0.05, 0.1) is 86.1 Å². The highest BCUT2D eigenvalue weighted by Crippen LogP contribution is 2.18. The molecule has 0 radical (unpaired) electrons. The number of carbonyl (C=O) groups excluding carboxylic acids is 2. The predicted octanol–water partition coefficient (Wildman–Crippen LogP) is 18.8. The first kappa shape index (κ1) is 129. The Balaban J connectivity index is -0.0000000287. The van der Waals surface area contributed by atoms with Crippen LogP contribution in [-0.2, 0) is 42.6 Å². The van der Waals surface area contributed by atoms with Gasteiger partial charge in [-0.15, -0.1) is 70.2 Å². The Bertz CT molecular complexity index is 1120. The van der Waals surface area contributed by atoms with Gasteiger partial charge < -0.3 is 14.6 Å². The van der Waals surface area contributed by atoms with Gasteiger partial charge in [0.25, 0.3) is 0 Å². The summed E-state index contributed by atoms with van der Waals surface area (Å²) >= 11 is 0. The predicted molar refractivity (Wildman–Crippen MR) is 216 cm³/mol. The summed E-state index contributed by atoms with van der Waals surface area (Å²) in [7, 11) is 6.00. The quantitative estimate of drug-likeness (QED) is 0.181. The Morgan fingerprint density at radius 1 is 0.442 bits per heavy atom. The highest BCUT2D eigenvalue weighted by molar-refractivity contribution is 5.81. The van der Waals surface area contributed by atoms with Gasteiger partial charge in [0.15, 0.2) is 11.6 Å². The van der Waals surface area contributed by atoms with Crippen LogP contribution >= 0.6 is 0 Å². The first-order valence-electron chi connectivity index (χ1n) is 15.6. The molecule has 2 aromatic rings. The third kappa shape index (κ3) is 380. The first-order chi connectivity index (χ1) is 35.1. The van der Waals surface area contributed by atoms with Gasteiger partial charge in [0, 0.05) is 23.3 Å². The minimum atomic E-state index is -5.50. The number of hydrogen-bond donors (Lipinski definition) is 1. The van der Waals surface area contributed by atoms with Gasteiger partial charge in [-0.05, 0) is 53.5 Å². The van der Waals surface area contributed by atoms with E-state index in [1.54, 1.807) is 12.1 Å². The Hall–Kier alpha value is -5.54. The van der Waals surface area contributed by atoms with Gasteiger partial charge in [-0.25, -0.2) is 13.6 Å². The molecular formula is C36H58F34O7. The van der Waals surface area contributed by atoms with Gasteiger partial charge in [-0.2, -0.15) is 0 Å². The molecule has 0 aliphatic heterocycles. The van der Waals surface area contributed by atoms with Crippen LogP contribution < -0.4 is 0 Å². The molecule has 0 bridgehead atoms. The topological polar surface area (TPSA) is 91.3 Å². The zero-order valence-corrected chi connectivity index (χ0v) is 41.0. The van der Waals surface area contributed by atoms with Crippen LogP contribution in [0.1, 0.15) is 25.5 Å². The minimum Gasteiger partial charge on any atom is -0.505 e. The number of hydrogen-bond acceptors (Lipinski definition) is 7. The highest BCUT2D eigenvalue weighted by atomic mass is 19.6. The fourth-order valence-corrected chi connectivity index (χ4v) is 1.63. The summed E-state index contributed by atoms with van der Waals surface area (Å²) in [5, 5.41) is 11.4. The molecule has 0 aromatic heterocycles. The highest BCUT2D eigenvalue weighted by Gasteiger charge is 2.26. The van der Waals surface area contributed by atoms with Gasteiger partial charge in [-0.1, -0.05) is 32.2 Å². The molecular weight excluding hydrogens is 1190 g/mol. The lowest BCUT2D eigenvalue weighted by Crippen LogP contribution is -1.99. The summed E-state index contributed by atoms with van der Waals surface area (Å²) in [4.78, 5) is 21.0. The Morgan fingerprint density at radius 3 is 0.818 bits per heavy atom. The Morgan fingerprint density at radius 2 is 0.636 bits per heavy atom. The van der Waals surface area contributed by atoms with E-state index in [0.29, 0.717) is 91.7 Å². The monoisotopic (exact) mass is 1250 g/mol. The lowest BCUT2D eigenvalue weighted by Gasteiger charge is -2.02. The third-order valence-corrected chi connectivity index (χ3v) is 2.91. The number of phenols is 1. The van der Waals surface area contributed by atoms with Crippen LogP contribution in [0, 0.1) is 11.6 Å². The van der Waals surface area contributed by atoms with Crippen molar-refractivity contribution in [1.29, 1.82) is 0 Å². The summed E-state index contributed by atoms with van der Waals surface area (Å²) in [6, 6.07) is 9.54. The molecule has 1 N–H and O–H groups in total. The standard InChI is InChI=1S/C10H9FO2.C9H9FO3.4CF4.12CH3F.CH4.2F2O/c1-2-10(12)13-7-8-3-5-9(11)6-4-8;1-6(11)13-5-7-2-3-8(10)9(12)4-7;4*2-1(3,4)5;12*1-2;;2*1-3-2/h2-6H,1,7H2;2-4,12H,5H2,1H3;;;;;12*1H3;1H4;;. The van der Waals surface area contributed by atoms with E-state index in [9.17, 15) is 141 Å². The summed E-state index contributed by atoms with van der Waals surface area (Å²) in [5.74, 6) is -2.33. The number of halogens is 34. The van der Waals surface area contributed by atoms with E-state index in [1.165, 1.54) is 41.5 Å². The molecule has 7 nitrogen and oxygen atoms in total. The Kier molecular flexibility index (Phi) is 199. The van der Waals surface area contributed by atoms with Crippen LogP contribution in [0.15, 0.2) is 55.1 Å². The third-order valence-electron chi connectivity index (χ3n) is 2.91. The molecule has 0 saturated heterocycles. The van der Waals surface area contributed by atoms with Crippen LogP contribution in [0.4, 0.5) is 150 Å². The zero-order chi connectivity index (χ0) is 66.9. The molecule has 77 heavy (non-hydrogen) atoms. The maximum atomic E-state index is 12.5. The molecule has 0 amide bonds. The van der Waals surface area contributed by atoms with Crippen molar-refractivity contribution >= 4 is 11.9 Å². The van der Waals surface area contributed by atoms with Crippen LogP contribution in [0.3, 0.4) is 0 Å². The normalized spacial score (nSPS) is 7.73. The van der Waals surface area contributed by atoms with Crippen molar-refractivity contribution in [2.24, 2.45) is 0 Å². The van der Waals surface area contributed by atoms with Gasteiger partial charge >= 0.3 is 37.7 Å². The number of ether oxygens (including phenoxy) is 2. The second-order valence-corrected chi connectivity index (χ2v) is 6.84. The van der Waals surface area contributed by atoms with Gasteiger partial charge in [0.1, 0.15) is 19.0 Å². The molecule has 0 unspecified atom stereocenters. The number of rotatable bonds is 5. The van der Waals surface area contributed by atoms with E-state index in [4.69, 9.17) is 27.9 Å². The number of aromatic hydroxyl groups is 1. The fraction of sp³-hybridized carbons (Fsp3) is 0.556. The maximum absolute atomic E-state index is 12.5. The molecule has 2 aromatic carbocycles. The smallest absolute Gasteiger partial charge is 0.505 e. The second kappa shape index (κ2) is 119. The number of phenolic OH excluding ortho intramolecular Hbond substituents is 1. The van der Waals surface area contributed by atoms with Crippen molar-refractivity contribution in [1.82, 2.24) is 0 Å². The maximum Gasteiger partial charge on any atom is 0.559 e. The molecule has 482 valence electrons. The summed E-state index contributed by atoms with van der Waals surface area (Å²) in [5.41, 5.74) is 1.30. The number of benzene rings is 2. The molecule has 0 heterocycles. The second-order valence-electron chi connectivity index (χ2n) is 6.84. The zero-order valence-electron chi connectivity index (χ0n) is 41.0. The molecule has 0 spiro atoms. The lowest BCUT2D eigenvalue weighted by molar-refractivity contribution is -0.317. The summed E-state index contributed by atoms with van der Waals surface area (Å²) in [6.07, 6.45) is -20.9. The lowest BCUT2D eigenvalue weighted by atomic mass is 10.2. The van der Waals surface area contributed by atoms with Crippen LogP contribution in [0.25, 0.3) is 0 Å². The first-order valence-corrected chi connectivity index (χ1v) is 15.6. The molecule has 41 heteroatoms. The molecule has 0 aliphatic carbocycles. The van der Waals surface area contributed by atoms with E-state index >= 15 is 0 Å². The largest absolute Gasteiger partial charge is 0.559 e. The molecule has 0 atom stereocenters. The van der Waals surface area contributed by atoms with Crippen molar-refractivity contribution in [2.45, 2.75) is 53.3 Å². The molecule has 0 aliphatic rings. The number of carbonyl (C=O) groups is 2. The van der Waals surface area contributed by atoms with Crippen LogP contribution in [0.5, 0.6) is 5.75 Å². The van der Waals surface area contributed by atoms with Crippen LogP contribution in [-0.4, -0.2) is 129 Å². The number of alkyl halides is 28. The molecule has 0 fully saturated rings. The van der Waals surface area contributed by atoms with E-state index in [1.807, 2.05) is 0 Å². The van der Waals surface area contributed by atoms with E-state index in [-0.39, 0.29) is 26.5 Å². The van der Waals surface area contributed by atoms with E-state index < -0.39 is 49.2 Å². The van der Waals surface area contributed by atoms with E-state index in [2.05, 4.69) is 11.3 Å². The van der Waals surface area contributed by atoms with E-state index in [0.717, 1.165) is 17.7 Å². The SMILES string of the molecule is C.C=CC(=O)OCc1ccc(F)cc1.CC(=O)OCc1ccc(F)c(O)c1.CF.CF.CF.CF.CF.CF.CF.CF.CF.CF.CF.CF.FC(F)(F)F.FC(F)(F)F.FC(F)(F)F.FC(F)(F)F.FOF.FOF.